The highest BCUT2D eigenvalue weighted by Crippen LogP contribution is 2.16. The molecule has 0 aliphatic heterocycles. The van der Waals surface area contributed by atoms with Gasteiger partial charge in [0.25, 0.3) is 0 Å². The molecule has 5 heteroatoms. The Morgan fingerprint density at radius 3 is 1.40 bits per heavy atom. The Morgan fingerprint density at radius 1 is 0.575 bits per heavy atom. The zero-order valence-electron chi connectivity index (χ0n) is 26.2. The van der Waals surface area contributed by atoms with Crippen LogP contribution in [0.25, 0.3) is 0 Å². The van der Waals surface area contributed by atoms with Crippen molar-refractivity contribution in [3.8, 4) is 37.0 Å². The van der Waals surface area contributed by atoms with E-state index in [4.69, 9.17) is 19.3 Å². The molecule has 3 aromatic rings. The summed E-state index contributed by atoms with van der Waals surface area (Å²) in [4.78, 5) is 20.1. The van der Waals surface area contributed by atoms with Crippen LogP contribution in [-0.2, 0) is 0 Å². The standard InChI is InChI=1S/C10H11N.2C9H10N2.3C2H6.CH4/c1-4-10-9(8(2)3)6-5-7-11-10;1-4-9-8(7(2)3)5-10-6-11-9;1-4-8-9(7(2)3)11-6-5-10-8;3*1-2;/h1,5-8H,2-3H3;2*1,5-7H,2-3H3;3*1-2H3;1H4. The van der Waals surface area contributed by atoms with Gasteiger partial charge < -0.3 is 0 Å². The highest BCUT2D eigenvalue weighted by atomic mass is 14.8. The lowest BCUT2D eigenvalue weighted by Crippen LogP contribution is -1.98. The van der Waals surface area contributed by atoms with E-state index in [1.54, 1.807) is 24.8 Å². The molecular formula is C35H53N5. The maximum atomic E-state index is 5.28. The number of hydrogen-bond acceptors (Lipinski definition) is 5. The summed E-state index contributed by atoms with van der Waals surface area (Å²) in [6.45, 7) is 24.4. The monoisotopic (exact) mass is 543 g/mol. The molecule has 218 valence electrons. The lowest BCUT2D eigenvalue weighted by atomic mass is 10.0. The van der Waals surface area contributed by atoms with E-state index in [2.05, 4.69) is 70.4 Å². The van der Waals surface area contributed by atoms with Crippen molar-refractivity contribution in [3.63, 3.8) is 0 Å². The highest BCUT2D eigenvalue weighted by molar-refractivity contribution is 5.35. The molecule has 0 atom stereocenters. The molecule has 40 heavy (non-hydrogen) atoms. The van der Waals surface area contributed by atoms with Crippen LogP contribution in [-0.4, -0.2) is 24.9 Å². The van der Waals surface area contributed by atoms with Gasteiger partial charge >= 0.3 is 0 Å². The fraction of sp³-hybridized carbons (Fsp3) is 0.457. The smallest absolute Gasteiger partial charge is 0.134 e. The summed E-state index contributed by atoms with van der Waals surface area (Å²) >= 11 is 0. The number of rotatable bonds is 3. The fourth-order valence-electron chi connectivity index (χ4n) is 2.77. The zero-order valence-corrected chi connectivity index (χ0v) is 26.2. The maximum absolute atomic E-state index is 5.28. The third kappa shape index (κ3) is 16.8. The Labute approximate surface area is 247 Å². The number of pyridine rings is 1. The summed E-state index contributed by atoms with van der Waals surface area (Å²) < 4.78 is 0. The van der Waals surface area contributed by atoms with Gasteiger partial charge in [-0.05, 0) is 47.1 Å². The SMILES string of the molecule is C.C#Cc1ncccc1C(C)C.C#Cc1nccnc1C(C)C.C#Cc1ncncc1C(C)C.CC.CC.CC. The Hall–Kier alpha value is -4.01. The minimum Gasteiger partial charge on any atom is -0.256 e. The quantitative estimate of drug-likeness (QED) is 0.308. The predicted molar refractivity (Wildman–Crippen MR) is 175 cm³/mol. The van der Waals surface area contributed by atoms with E-state index in [0.29, 0.717) is 29.1 Å². The van der Waals surface area contributed by atoms with Crippen molar-refractivity contribution in [2.24, 2.45) is 0 Å². The van der Waals surface area contributed by atoms with Gasteiger partial charge in [-0.2, -0.15) is 0 Å². The molecule has 5 nitrogen and oxygen atoms in total. The van der Waals surface area contributed by atoms with E-state index >= 15 is 0 Å². The third-order valence-electron chi connectivity index (χ3n) is 4.51. The van der Waals surface area contributed by atoms with Gasteiger partial charge in [0.1, 0.15) is 23.4 Å². The van der Waals surface area contributed by atoms with E-state index in [0.717, 1.165) is 22.5 Å². The zero-order chi connectivity index (χ0) is 30.8. The predicted octanol–water partition coefficient (Wildman–Crippen LogP) is 9.06. The minimum absolute atomic E-state index is 0. The van der Waals surface area contributed by atoms with Gasteiger partial charge in [0.2, 0.25) is 0 Å². The molecule has 3 rings (SSSR count). The summed E-state index contributed by atoms with van der Waals surface area (Å²) in [5, 5.41) is 0. The molecule has 0 amide bonds. The number of terminal acetylenes is 3. The second-order valence-corrected chi connectivity index (χ2v) is 7.96. The Morgan fingerprint density at radius 2 is 1.02 bits per heavy atom. The van der Waals surface area contributed by atoms with Gasteiger partial charge in [-0.3, -0.25) is 4.98 Å². The Bertz CT molecular complexity index is 997. The third-order valence-corrected chi connectivity index (χ3v) is 4.51. The van der Waals surface area contributed by atoms with Crippen LogP contribution in [0.15, 0.2) is 43.2 Å². The molecule has 0 saturated carbocycles. The minimum atomic E-state index is 0. The van der Waals surface area contributed by atoms with Crippen molar-refractivity contribution in [1.29, 1.82) is 0 Å². The second kappa shape index (κ2) is 28.0. The lowest BCUT2D eigenvalue weighted by molar-refractivity contribution is 0.806. The van der Waals surface area contributed by atoms with E-state index in [1.165, 1.54) is 6.33 Å². The number of aromatic nitrogens is 5. The van der Waals surface area contributed by atoms with Crippen LogP contribution in [0.1, 0.15) is 142 Å². The Kier molecular flexibility index (Phi) is 30.2. The van der Waals surface area contributed by atoms with Crippen molar-refractivity contribution in [3.05, 3.63) is 77.2 Å². The van der Waals surface area contributed by atoms with E-state index < -0.39 is 0 Å². The second-order valence-electron chi connectivity index (χ2n) is 7.96. The molecule has 0 saturated heterocycles. The molecule has 0 aliphatic rings. The van der Waals surface area contributed by atoms with Crippen LogP contribution < -0.4 is 0 Å². The molecule has 3 aromatic heterocycles. The van der Waals surface area contributed by atoms with Crippen LogP contribution in [0, 0.1) is 37.0 Å². The summed E-state index contributed by atoms with van der Waals surface area (Å²) in [5.74, 6) is 8.78. The van der Waals surface area contributed by atoms with Gasteiger partial charge in [0, 0.05) is 30.4 Å². The topological polar surface area (TPSA) is 64.5 Å². The summed E-state index contributed by atoms with van der Waals surface area (Å²) in [6, 6.07) is 3.93. The number of hydrogen-bond donors (Lipinski definition) is 0. The van der Waals surface area contributed by atoms with Crippen LogP contribution in [0.3, 0.4) is 0 Å². The molecule has 0 aromatic carbocycles. The molecule has 0 fully saturated rings. The van der Waals surface area contributed by atoms with Gasteiger partial charge in [-0.25, -0.2) is 19.9 Å². The van der Waals surface area contributed by atoms with Gasteiger partial charge in [0.05, 0.1) is 5.69 Å². The average molecular weight is 544 g/mol. The fourth-order valence-corrected chi connectivity index (χ4v) is 2.77. The first-order valence-electron chi connectivity index (χ1n) is 13.7. The van der Waals surface area contributed by atoms with Gasteiger partial charge in [-0.15, -0.1) is 19.3 Å². The van der Waals surface area contributed by atoms with Crippen molar-refractivity contribution in [2.75, 3.05) is 0 Å². The van der Waals surface area contributed by atoms with E-state index in [1.807, 2.05) is 67.5 Å². The van der Waals surface area contributed by atoms with Crippen LogP contribution in [0.5, 0.6) is 0 Å². The van der Waals surface area contributed by atoms with Crippen LogP contribution in [0.2, 0.25) is 0 Å². The Balaban J connectivity index is -0.000000219. The maximum Gasteiger partial charge on any atom is 0.134 e. The molecule has 0 radical (unpaired) electrons. The molecule has 0 unspecified atom stereocenters. The normalized spacial score (nSPS) is 8.40. The molecular weight excluding hydrogens is 490 g/mol. The first kappa shape index (κ1) is 43.1. The highest BCUT2D eigenvalue weighted by Gasteiger charge is 2.06. The van der Waals surface area contributed by atoms with Crippen molar-refractivity contribution >= 4 is 0 Å². The van der Waals surface area contributed by atoms with E-state index in [-0.39, 0.29) is 7.43 Å². The van der Waals surface area contributed by atoms with Crippen molar-refractivity contribution < 1.29 is 0 Å². The van der Waals surface area contributed by atoms with Crippen LogP contribution >= 0.6 is 0 Å². The molecule has 0 N–H and O–H groups in total. The van der Waals surface area contributed by atoms with Gasteiger partial charge in [-0.1, -0.05) is 96.6 Å². The van der Waals surface area contributed by atoms with Gasteiger partial charge in [0.15, 0.2) is 0 Å². The summed E-state index contributed by atoms with van der Waals surface area (Å²) in [6.07, 6.45) is 24.0. The van der Waals surface area contributed by atoms with E-state index in [9.17, 15) is 0 Å². The van der Waals surface area contributed by atoms with Crippen molar-refractivity contribution in [1.82, 2.24) is 24.9 Å². The van der Waals surface area contributed by atoms with Crippen LogP contribution in [0.4, 0.5) is 0 Å². The average Bonchev–Trinajstić information content (AvgIpc) is 3.00. The van der Waals surface area contributed by atoms with Crippen molar-refractivity contribution in [2.45, 2.75) is 108 Å². The first-order valence-corrected chi connectivity index (χ1v) is 13.7. The number of nitrogens with zero attached hydrogens (tertiary/aromatic N) is 5. The molecule has 0 bridgehead atoms. The lowest BCUT2D eigenvalue weighted by Gasteiger charge is -2.05. The summed E-state index contributed by atoms with van der Waals surface area (Å²) in [5.41, 5.74) is 5.21. The molecule has 0 spiro atoms. The molecule has 0 aliphatic carbocycles. The summed E-state index contributed by atoms with van der Waals surface area (Å²) in [7, 11) is 0. The molecule has 3 heterocycles. The first-order chi connectivity index (χ1) is 18.8. The largest absolute Gasteiger partial charge is 0.256 e.